The van der Waals surface area contributed by atoms with Crippen LogP contribution < -0.4 is 10.1 Å². The molecule has 0 aliphatic carbocycles. The molecule has 0 aliphatic rings. The molecule has 0 bridgehead atoms. The molecule has 0 atom stereocenters. The molecule has 0 unspecified atom stereocenters. The number of ether oxygens (including phenoxy) is 1. The number of anilines is 1. The van der Waals surface area contributed by atoms with E-state index in [0.717, 1.165) is 7.11 Å². The van der Waals surface area contributed by atoms with Gasteiger partial charge in [-0.3, -0.25) is 9.59 Å². The fraction of sp³-hybridized carbons (Fsp3) is 0.333. The summed E-state index contributed by atoms with van der Waals surface area (Å²) in [5.41, 5.74) is -0.857. The van der Waals surface area contributed by atoms with Crippen molar-refractivity contribution in [2.75, 3.05) is 12.4 Å². The van der Waals surface area contributed by atoms with Gasteiger partial charge in [-0.2, -0.15) is 0 Å². The Morgan fingerprint density at radius 2 is 1.79 bits per heavy atom. The van der Waals surface area contributed by atoms with E-state index in [4.69, 9.17) is 4.74 Å². The zero-order valence-electron chi connectivity index (χ0n) is 10.7. The first kappa shape index (κ1) is 14.6. The van der Waals surface area contributed by atoms with E-state index in [9.17, 15) is 24.9 Å². The van der Waals surface area contributed by atoms with Crippen LogP contribution in [0.3, 0.4) is 0 Å². The van der Waals surface area contributed by atoms with Crippen molar-refractivity contribution in [1.29, 1.82) is 0 Å². The highest BCUT2D eigenvalue weighted by molar-refractivity contribution is 6.00. The molecular weight excluding hydrogens is 254 g/mol. The molecule has 104 valence electrons. The molecule has 1 rings (SSSR count). The van der Waals surface area contributed by atoms with E-state index in [1.165, 1.54) is 0 Å². The molecule has 0 heterocycles. The van der Waals surface area contributed by atoms with E-state index < -0.39 is 40.4 Å². The third-order valence-corrected chi connectivity index (χ3v) is 2.51. The van der Waals surface area contributed by atoms with Gasteiger partial charge >= 0.3 is 0 Å². The molecule has 0 fully saturated rings. The zero-order chi connectivity index (χ0) is 14.7. The smallest absolute Gasteiger partial charge is 0.227 e. The number of aldehydes is 1. The lowest BCUT2D eigenvalue weighted by Gasteiger charge is -2.16. The van der Waals surface area contributed by atoms with Crippen LogP contribution in [-0.4, -0.2) is 34.6 Å². The number of rotatable bonds is 4. The maximum absolute atomic E-state index is 11.6. The molecule has 0 saturated heterocycles. The third kappa shape index (κ3) is 2.54. The molecule has 19 heavy (non-hydrogen) atoms. The number of nitrogens with one attached hydrogen (secondary N) is 1. The van der Waals surface area contributed by atoms with Crippen LogP contribution in [0.2, 0.25) is 0 Å². The van der Waals surface area contributed by atoms with Crippen LogP contribution in [0.5, 0.6) is 23.0 Å². The maximum Gasteiger partial charge on any atom is 0.227 e. The average Bonchev–Trinajstić information content (AvgIpc) is 2.35. The van der Waals surface area contributed by atoms with Gasteiger partial charge in [0.2, 0.25) is 11.7 Å². The van der Waals surface area contributed by atoms with Crippen molar-refractivity contribution in [3.63, 3.8) is 0 Å². The highest BCUT2D eigenvalue weighted by Crippen LogP contribution is 2.49. The zero-order valence-corrected chi connectivity index (χ0v) is 10.7. The van der Waals surface area contributed by atoms with Gasteiger partial charge < -0.3 is 25.4 Å². The SMILES string of the molecule is COc1c(O)c(C=O)c(O)c(NC(=O)C(C)C)c1O. The van der Waals surface area contributed by atoms with E-state index in [1.807, 2.05) is 0 Å². The predicted octanol–water partition coefficient (Wildman–Crippen LogP) is 1.22. The van der Waals surface area contributed by atoms with Crippen molar-refractivity contribution in [2.45, 2.75) is 13.8 Å². The van der Waals surface area contributed by atoms with Gasteiger partial charge in [0, 0.05) is 5.92 Å². The first-order chi connectivity index (χ1) is 8.84. The van der Waals surface area contributed by atoms with Gasteiger partial charge in [0.05, 0.1) is 7.11 Å². The van der Waals surface area contributed by atoms with Crippen molar-refractivity contribution < 1.29 is 29.6 Å². The topological polar surface area (TPSA) is 116 Å². The van der Waals surface area contributed by atoms with E-state index in [1.54, 1.807) is 13.8 Å². The standard InChI is InChI=1S/C12H15NO6/c1-5(2)12(18)13-7-8(15)6(4-14)9(16)11(19-3)10(7)17/h4-5,15-17H,1-3H3,(H,13,18). The summed E-state index contributed by atoms with van der Waals surface area (Å²) < 4.78 is 4.73. The first-order valence-corrected chi connectivity index (χ1v) is 5.46. The number of aromatic hydroxyl groups is 3. The monoisotopic (exact) mass is 269 g/mol. The number of methoxy groups -OCH3 is 1. The van der Waals surface area contributed by atoms with Crippen molar-refractivity contribution in [1.82, 2.24) is 0 Å². The Morgan fingerprint density at radius 3 is 2.21 bits per heavy atom. The lowest BCUT2D eigenvalue weighted by Crippen LogP contribution is -2.18. The molecule has 4 N–H and O–H groups in total. The minimum atomic E-state index is -0.722. The Balaban J connectivity index is 3.46. The van der Waals surface area contributed by atoms with Crippen molar-refractivity contribution in [3.05, 3.63) is 5.56 Å². The highest BCUT2D eigenvalue weighted by atomic mass is 16.5. The molecular formula is C12H15NO6. The van der Waals surface area contributed by atoms with Gasteiger partial charge in [-0.1, -0.05) is 13.8 Å². The molecule has 1 amide bonds. The van der Waals surface area contributed by atoms with Gasteiger partial charge in [0.15, 0.2) is 23.5 Å². The van der Waals surface area contributed by atoms with Crippen LogP contribution in [0.4, 0.5) is 5.69 Å². The molecule has 7 heteroatoms. The summed E-state index contributed by atoms with van der Waals surface area (Å²) in [5, 5.41) is 31.5. The van der Waals surface area contributed by atoms with E-state index >= 15 is 0 Å². The summed E-state index contributed by atoms with van der Waals surface area (Å²) in [6.07, 6.45) is 0.192. The fourth-order valence-corrected chi connectivity index (χ4v) is 1.40. The quantitative estimate of drug-likeness (QED) is 0.371. The second-order valence-corrected chi connectivity index (χ2v) is 4.13. The Bertz CT molecular complexity index is 524. The number of carbonyl (C=O) groups excluding carboxylic acids is 2. The van der Waals surface area contributed by atoms with Crippen LogP contribution in [0.15, 0.2) is 0 Å². The molecule has 0 spiro atoms. The summed E-state index contributed by atoms with van der Waals surface area (Å²) >= 11 is 0. The number of phenolic OH excluding ortho intramolecular Hbond substituents is 3. The Labute approximate surface area is 109 Å². The minimum absolute atomic E-state index is 0.192. The van der Waals surface area contributed by atoms with E-state index in [2.05, 4.69) is 5.32 Å². The van der Waals surface area contributed by atoms with Crippen LogP contribution >= 0.6 is 0 Å². The predicted molar refractivity (Wildman–Crippen MR) is 66.8 cm³/mol. The number of amides is 1. The van der Waals surface area contributed by atoms with Gasteiger partial charge in [0.25, 0.3) is 0 Å². The highest BCUT2D eigenvalue weighted by Gasteiger charge is 2.25. The molecule has 0 saturated carbocycles. The van der Waals surface area contributed by atoms with E-state index in [-0.39, 0.29) is 12.0 Å². The number of hydrogen-bond donors (Lipinski definition) is 4. The Hall–Kier alpha value is -2.44. The Morgan fingerprint density at radius 1 is 1.21 bits per heavy atom. The number of phenols is 3. The second-order valence-electron chi connectivity index (χ2n) is 4.13. The summed E-state index contributed by atoms with van der Waals surface area (Å²) in [5.74, 6) is -3.36. The average molecular weight is 269 g/mol. The molecule has 1 aromatic carbocycles. The van der Waals surface area contributed by atoms with Crippen molar-refractivity contribution in [2.24, 2.45) is 5.92 Å². The third-order valence-electron chi connectivity index (χ3n) is 2.51. The molecule has 0 aromatic heterocycles. The summed E-state index contributed by atoms with van der Waals surface area (Å²) in [6.45, 7) is 3.23. The first-order valence-electron chi connectivity index (χ1n) is 5.46. The molecule has 0 radical (unpaired) electrons. The van der Waals surface area contributed by atoms with Gasteiger partial charge in [-0.05, 0) is 0 Å². The summed E-state index contributed by atoms with van der Waals surface area (Å²) in [4.78, 5) is 22.4. The van der Waals surface area contributed by atoms with Crippen LogP contribution in [0.25, 0.3) is 0 Å². The molecule has 0 aliphatic heterocycles. The van der Waals surface area contributed by atoms with Gasteiger partial charge in [-0.15, -0.1) is 0 Å². The van der Waals surface area contributed by atoms with Crippen LogP contribution in [0, 0.1) is 5.92 Å². The number of benzene rings is 1. The molecule has 1 aromatic rings. The summed E-state index contributed by atoms with van der Waals surface area (Å²) in [7, 11) is 1.16. The largest absolute Gasteiger partial charge is 0.505 e. The van der Waals surface area contributed by atoms with Crippen LogP contribution in [0.1, 0.15) is 24.2 Å². The lowest BCUT2D eigenvalue weighted by molar-refractivity contribution is -0.118. The lowest BCUT2D eigenvalue weighted by atomic mass is 10.1. The van der Waals surface area contributed by atoms with E-state index in [0.29, 0.717) is 0 Å². The summed E-state index contributed by atoms with van der Waals surface area (Å²) in [6, 6.07) is 0. The van der Waals surface area contributed by atoms with Crippen molar-refractivity contribution in [3.8, 4) is 23.0 Å². The normalized spacial score (nSPS) is 10.3. The second kappa shape index (κ2) is 5.47. The number of carbonyl (C=O) groups is 2. The number of hydrogen-bond acceptors (Lipinski definition) is 6. The van der Waals surface area contributed by atoms with Crippen molar-refractivity contribution >= 4 is 17.9 Å². The van der Waals surface area contributed by atoms with Crippen LogP contribution in [-0.2, 0) is 4.79 Å². The maximum atomic E-state index is 11.6. The molecule has 7 nitrogen and oxygen atoms in total. The minimum Gasteiger partial charge on any atom is -0.505 e. The van der Waals surface area contributed by atoms with Gasteiger partial charge in [0.1, 0.15) is 11.3 Å². The Kier molecular flexibility index (Phi) is 4.21. The van der Waals surface area contributed by atoms with Gasteiger partial charge in [-0.25, -0.2) is 0 Å². The fourth-order valence-electron chi connectivity index (χ4n) is 1.40.